The molecule has 82 valence electrons. The molecule has 1 aliphatic heterocycles. The third-order valence-corrected chi connectivity index (χ3v) is 2.92. The van der Waals surface area contributed by atoms with Crippen LogP contribution in [0.2, 0.25) is 0 Å². The molecule has 0 saturated carbocycles. The summed E-state index contributed by atoms with van der Waals surface area (Å²) < 4.78 is 5.49. The predicted molar refractivity (Wildman–Crippen MR) is 59.6 cm³/mol. The molecule has 0 bridgehead atoms. The molecule has 1 fully saturated rings. The van der Waals surface area contributed by atoms with Crippen molar-refractivity contribution in [2.45, 2.75) is 44.5 Å². The van der Waals surface area contributed by atoms with Gasteiger partial charge in [0, 0.05) is 0 Å². The lowest BCUT2D eigenvalue weighted by atomic mass is 10.0. The van der Waals surface area contributed by atoms with Crippen LogP contribution in [-0.4, -0.2) is 17.3 Å². The Balaban J connectivity index is 1.86. The van der Waals surface area contributed by atoms with E-state index in [4.69, 9.17) is 4.74 Å². The first kappa shape index (κ1) is 10.7. The summed E-state index contributed by atoms with van der Waals surface area (Å²) in [5.41, 5.74) is 0.960. The Labute approximate surface area is 90.9 Å². The number of hydrogen-bond acceptors (Lipinski definition) is 2. The highest BCUT2D eigenvalue weighted by Crippen LogP contribution is 2.36. The third kappa shape index (κ3) is 2.58. The van der Waals surface area contributed by atoms with Gasteiger partial charge >= 0.3 is 0 Å². The van der Waals surface area contributed by atoms with Crippen molar-refractivity contribution in [2.75, 3.05) is 0 Å². The molecule has 3 atom stereocenters. The van der Waals surface area contributed by atoms with Crippen LogP contribution in [0.15, 0.2) is 30.3 Å². The molecular weight excluding hydrogens is 188 g/mol. The van der Waals surface area contributed by atoms with Crippen molar-refractivity contribution in [1.29, 1.82) is 0 Å². The largest absolute Gasteiger partial charge is 0.386 e. The molecule has 1 aromatic carbocycles. The number of hydrogen-bond donors (Lipinski definition) is 1. The van der Waals surface area contributed by atoms with Crippen LogP contribution in [0, 0.1) is 0 Å². The second-order valence-electron chi connectivity index (χ2n) is 4.14. The molecule has 15 heavy (non-hydrogen) atoms. The number of aliphatic hydroxyl groups excluding tert-OH is 1. The first-order valence-electron chi connectivity index (χ1n) is 5.71. The van der Waals surface area contributed by atoms with E-state index in [1.54, 1.807) is 0 Å². The van der Waals surface area contributed by atoms with E-state index in [1.165, 1.54) is 12.8 Å². The summed E-state index contributed by atoms with van der Waals surface area (Å²) in [6, 6.07) is 9.75. The van der Waals surface area contributed by atoms with Gasteiger partial charge in [0.05, 0.1) is 6.10 Å². The zero-order valence-corrected chi connectivity index (χ0v) is 9.10. The minimum Gasteiger partial charge on any atom is -0.386 e. The normalized spacial score (nSPS) is 26.3. The van der Waals surface area contributed by atoms with Crippen molar-refractivity contribution in [2.24, 2.45) is 0 Å². The summed E-state index contributed by atoms with van der Waals surface area (Å²) in [5, 5.41) is 10.0. The Morgan fingerprint density at radius 3 is 2.73 bits per heavy atom. The molecule has 2 unspecified atom stereocenters. The summed E-state index contributed by atoms with van der Waals surface area (Å²) in [4.78, 5) is 0. The van der Waals surface area contributed by atoms with E-state index in [1.807, 2.05) is 30.3 Å². The van der Waals surface area contributed by atoms with E-state index in [9.17, 15) is 5.11 Å². The minimum absolute atomic E-state index is 0.0268. The summed E-state index contributed by atoms with van der Waals surface area (Å²) in [6.45, 7) is 2.17. The van der Waals surface area contributed by atoms with E-state index in [0.717, 1.165) is 12.0 Å². The fourth-order valence-corrected chi connectivity index (χ4v) is 1.91. The average Bonchev–Trinajstić information content (AvgIpc) is 3.06. The maximum Gasteiger partial charge on any atom is 0.114 e. The van der Waals surface area contributed by atoms with Gasteiger partial charge in [0.15, 0.2) is 0 Å². The van der Waals surface area contributed by atoms with Crippen LogP contribution < -0.4 is 0 Å². The monoisotopic (exact) mass is 206 g/mol. The van der Waals surface area contributed by atoms with Crippen LogP contribution in [0.25, 0.3) is 0 Å². The van der Waals surface area contributed by atoms with Gasteiger partial charge in [-0.3, -0.25) is 0 Å². The summed E-state index contributed by atoms with van der Waals surface area (Å²) in [5.74, 6) is 0. The third-order valence-electron chi connectivity index (χ3n) is 2.92. The molecule has 2 heteroatoms. The highest BCUT2D eigenvalue weighted by atomic mass is 16.6. The van der Waals surface area contributed by atoms with E-state index in [-0.39, 0.29) is 12.2 Å². The second-order valence-corrected chi connectivity index (χ2v) is 4.14. The van der Waals surface area contributed by atoms with Crippen molar-refractivity contribution >= 4 is 0 Å². The number of unbranched alkanes of at least 4 members (excludes halogenated alkanes) is 1. The van der Waals surface area contributed by atoms with Crippen LogP contribution in [-0.2, 0) is 4.74 Å². The average molecular weight is 206 g/mol. The van der Waals surface area contributed by atoms with Gasteiger partial charge in [-0.25, -0.2) is 0 Å². The molecule has 2 rings (SSSR count). The molecular formula is C13H18O2. The van der Waals surface area contributed by atoms with Gasteiger partial charge < -0.3 is 9.84 Å². The Kier molecular flexibility index (Phi) is 3.39. The van der Waals surface area contributed by atoms with Crippen molar-refractivity contribution in [3.05, 3.63) is 35.9 Å². The van der Waals surface area contributed by atoms with Crippen LogP contribution in [0.1, 0.15) is 37.9 Å². The molecule has 1 aliphatic rings. The van der Waals surface area contributed by atoms with Gasteiger partial charge in [0.2, 0.25) is 0 Å². The minimum atomic E-state index is -0.451. The van der Waals surface area contributed by atoms with Gasteiger partial charge in [-0.1, -0.05) is 50.1 Å². The second kappa shape index (κ2) is 4.77. The van der Waals surface area contributed by atoms with Crippen LogP contribution in [0.4, 0.5) is 0 Å². The van der Waals surface area contributed by atoms with E-state index in [0.29, 0.717) is 0 Å². The number of rotatable bonds is 5. The van der Waals surface area contributed by atoms with Crippen LogP contribution in [0.5, 0.6) is 0 Å². The number of benzene rings is 1. The first-order chi connectivity index (χ1) is 7.33. The van der Waals surface area contributed by atoms with Gasteiger partial charge in [-0.05, 0) is 12.0 Å². The van der Waals surface area contributed by atoms with Crippen molar-refractivity contribution < 1.29 is 9.84 Å². The Hall–Kier alpha value is -0.860. The lowest BCUT2D eigenvalue weighted by Gasteiger charge is -2.07. The standard InChI is InChI=1S/C13H18O2/c1-2-3-9-11-13(15-11)12(14)10-7-5-4-6-8-10/h4-8,11-14H,2-3,9H2,1H3/t11?,12-,13?/m1/s1. The Bertz CT molecular complexity index is 297. The summed E-state index contributed by atoms with van der Waals surface area (Å²) in [6.07, 6.45) is 3.30. The first-order valence-corrected chi connectivity index (χ1v) is 5.71. The molecule has 1 saturated heterocycles. The van der Waals surface area contributed by atoms with E-state index >= 15 is 0 Å². The number of aliphatic hydroxyl groups is 1. The Morgan fingerprint density at radius 2 is 2.07 bits per heavy atom. The molecule has 1 heterocycles. The van der Waals surface area contributed by atoms with Crippen molar-refractivity contribution in [3.8, 4) is 0 Å². The van der Waals surface area contributed by atoms with Gasteiger partial charge in [0.25, 0.3) is 0 Å². The Morgan fingerprint density at radius 1 is 1.33 bits per heavy atom. The van der Waals surface area contributed by atoms with Crippen molar-refractivity contribution in [3.63, 3.8) is 0 Å². The zero-order chi connectivity index (χ0) is 10.7. The predicted octanol–water partition coefficient (Wildman–Crippen LogP) is 2.68. The highest BCUT2D eigenvalue weighted by molar-refractivity contribution is 5.20. The van der Waals surface area contributed by atoms with Crippen LogP contribution in [0.3, 0.4) is 0 Å². The smallest absolute Gasteiger partial charge is 0.114 e. The lowest BCUT2D eigenvalue weighted by Crippen LogP contribution is -2.08. The van der Waals surface area contributed by atoms with Gasteiger partial charge in [0.1, 0.15) is 12.2 Å². The topological polar surface area (TPSA) is 32.8 Å². The highest BCUT2D eigenvalue weighted by Gasteiger charge is 2.43. The SMILES string of the molecule is CCCCC1OC1[C@H](O)c1ccccc1. The molecule has 1 aromatic rings. The summed E-state index contributed by atoms with van der Waals surface area (Å²) >= 11 is 0. The quantitative estimate of drug-likeness (QED) is 0.751. The zero-order valence-electron chi connectivity index (χ0n) is 9.10. The molecule has 1 N–H and O–H groups in total. The van der Waals surface area contributed by atoms with E-state index < -0.39 is 6.10 Å². The van der Waals surface area contributed by atoms with E-state index in [2.05, 4.69) is 6.92 Å². The van der Waals surface area contributed by atoms with Gasteiger partial charge in [-0.2, -0.15) is 0 Å². The van der Waals surface area contributed by atoms with Crippen LogP contribution >= 0.6 is 0 Å². The van der Waals surface area contributed by atoms with Crippen molar-refractivity contribution in [1.82, 2.24) is 0 Å². The summed E-state index contributed by atoms with van der Waals surface area (Å²) in [7, 11) is 0. The molecule has 0 amide bonds. The number of epoxide rings is 1. The maximum absolute atomic E-state index is 10.0. The maximum atomic E-state index is 10.0. The molecule has 0 radical (unpaired) electrons. The molecule has 0 aromatic heterocycles. The molecule has 2 nitrogen and oxygen atoms in total. The molecule has 0 spiro atoms. The number of ether oxygens (including phenoxy) is 1. The van der Waals surface area contributed by atoms with Gasteiger partial charge in [-0.15, -0.1) is 0 Å². The molecule has 0 aliphatic carbocycles. The lowest BCUT2D eigenvalue weighted by molar-refractivity contribution is 0.137. The fraction of sp³-hybridized carbons (Fsp3) is 0.538. The fourth-order valence-electron chi connectivity index (χ4n) is 1.91.